The van der Waals surface area contributed by atoms with Gasteiger partial charge < -0.3 is 0 Å². The van der Waals surface area contributed by atoms with E-state index in [0.717, 1.165) is 16.7 Å². The zero-order chi connectivity index (χ0) is 18.6. The highest BCUT2D eigenvalue weighted by Crippen LogP contribution is 2.16. The van der Waals surface area contributed by atoms with Gasteiger partial charge in [0.1, 0.15) is 0 Å². The van der Waals surface area contributed by atoms with Crippen LogP contribution >= 0.6 is 11.6 Å². The first-order chi connectivity index (χ1) is 12.5. The van der Waals surface area contributed by atoms with Crippen molar-refractivity contribution in [3.63, 3.8) is 0 Å². The lowest BCUT2D eigenvalue weighted by Gasteiger charge is -2.10. The molecule has 3 aromatic rings. The Bertz CT molecular complexity index is 1030. The fourth-order valence-electron chi connectivity index (χ4n) is 2.40. The zero-order valence-corrected chi connectivity index (χ0v) is 15.6. The van der Waals surface area contributed by atoms with Gasteiger partial charge >= 0.3 is 0 Å². The SMILES string of the molecule is Cc1ccc(S(=O)(=O)N/N=C(\c2ccccc2)c2cccc(Cl)c2)cc1. The summed E-state index contributed by atoms with van der Waals surface area (Å²) in [6.07, 6.45) is 0. The lowest BCUT2D eigenvalue weighted by Crippen LogP contribution is -2.21. The van der Waals surface area contributed by atoms with E-state index in [0.29, 0.717) is 10.7 Å². The second kappa shape index (κ2) is 7.72. The molecule has 0 aliphatic carbocycles. The van der Waals surface area contributed by atoms with Crippen LogP contribution < -0.4 is 4.83 Å². The van der Waals surface area contributed by atoms with Crippen molar-refractivity contribution >= 4 is 27.3 Å². The van der Waals surface area contributed by atoms with Crippen LogP contribution in [0, 0.1) is 6.92 Å². The number of hydrazone groups is 1. The largest absolute Gasteiger partial charge is 0.276 e. The van der Waals surface area contributed by atoms with Crippen molar-refractivity contribution in [2.24, 2.45) is 5.10 Å². The van der Waals surface area contributed by atoms with Gasteiger partial charge in [-0.05, 0) is 31.2 Å². The van der Waals surface area contributed by atoms with E-state index < -0.39 is 10.0 Å². The number of hydrogen-bond acceptors (Lipinski definition) is 3. The second-order valence-corrected chi connectivity index (χ2v) is 7.84. The molecule has 132 valence electrons. The highest BCUT2D eigenvalue weighted by atomic mass is 35.5. The molecule has 1 N–H and O–H groups in total. The van der Waals surface area contributed by atoms with Crippen LogP contribution in [0.3, 0.4) is 0 Å². The molecule has 0 amide bonds. The van der Waals surface area contributed by atoms with Crippen LogP contribution in [0.5, 0.6) is 0 Å². The van der Waals surface area contributed by atoms with Gasteiger partial charge in [-0.2, -0.15) is 18.4 Å². The Kier molecular flexibility index (Phi) is 5.40. The third kappa shape index (κ3) is 4.31. The Balaban J connectivity index is 2.00. The van der Waals surface area contributed by atoms with Crippen LogP contribution in [-0.2, 0) is 10.0 Å². The van der Waals surface area contributed by atoms with Crippen LogP contribution in [0.25, 0.3) is 0 Å². The van der Waals surface area contributed by atoms with Gasteiger partial charge in [0.2, 0.25) is 0 Å². The molecule has 0 aliphatic heterocycles. The van der Waals surface area contributed by atoms with Gasteiger partial charge in [-0.25, -0.2) is 0 Å². The molecule has 0 fully saturated rings. The topological polar surface area (TPSA) is 58.5 Å². The summed E-state index contributed by atoms with van der Waals surface area (Å²) in [5.41, 5.74) is 2.97. The van der Waals surface area contributed by atoms with Crippen LogP contribution in [0.4, 0.5) is 0 Å². The number of nitrogens with zero attached hydrogens (tertiary/aromatic N) is 1. The molecule has 3 rings (SSSR count). The van der Waals surface area contributed by atoms with Crippen molar-refractivity contribution in [2.45, 2.75) is 11.8 Å². The minimum absolute atomic E-state index is 0.158. The van der Waals surface area contributed by atoms with Gasteiger partial charge in [0, 0.05) is 16.1 Å². The van der Waals surface area contributed by atoms with Gasteiger partial charge in [-0.1, -0.05) is 71.8 Å². The van der Waals surface area contributed by atoms with Crippen LogP contribution in [0.1, 0.15) is 16.7 Å². The van der Waals surface area contributed by atoms with Crippen molar-refractivity contribution in [2.75, 3.05) is 0 Å². The molecule has 0 aliphatic rings. The summed E-state index contributed by atoms with van der Waals surface area (Å²) in [5, 5.41) is 4.74. The summed E-state index contributed by atoms with van der Waals surface area (Å²) < 4.78 is 25.1. The number of hydrogen-bond donors (Lipinski definition) is 1. The van der Waals surface area contributed by atoms with E-state index in [-0.39, 0.29) is 4.90 Å². The Hall–Kier alpha value is -2.63. The molecule has 0 atom stereocenters. The summed E-state index contributed by atoms with van der Waals surface area (Å²) in [7, 11) is -3.77. The standard InChI is InChI=1S/C20H17ClN2O2S/c1-15-10-12-19(13-11-15)26(24,25)23-22-20(16-6-3-2-4-7-16)17-8-5-9-18(21)14-17/h2-14,23H,1H3/b22-20+. The van der Waals surface area contributed by atoms with E-state index >= 15 is 0 Å². The number of benzene rings is 3. The molecule has 3 aromatic carbocycles. The minimum atomic E-state index is -3.77. The lowest BCUT2D eigenvalue weighted by molar-refractivity contribution is 0.584. The van der Waals surface area contributed by atoms with Gasteiger partial charge in [0.25, 0.3) is 10.0 Å². The molecule has 0 heterocycles. The van der Waals surface area contributed by atoms with Crippen LogP contribution in [0.15, 0.2) is 88.9 Å². The highest BCUT2D eigenvalue weighted by Gasteiger charge is 2.14. The maximum Gasteiger partial charge on any atom is 0.276 e. The molecular formula is C20H17ClN2O2S. The van der Waals surface area contributed by atoms with Crippen LogP contribution in [0.2, 0.25) is 5.02 Å². The number of nitrogens with one attached hydrogen (secondary N) is 1. The number of halogens is 1. The van der Waals surface area contributed by atoms with Crippen LogP contribution in [-0.4, -0.2) is 14.1 Å². The smallest absolute Gasteiger partial charge is 0.200 e. The van der Waals surface area contributed by atoms with E-state index in [2.05, 4.69) is 9.93 Å². The molecule has 0 bridgehead atoms. The summed E-state index contributed by atoms with van der Waals surface area (Å²) >= 11 is 6.08. The Labute approximate surface area is 158 Å². The van der Waals surface area contributed by atoms with Crippen molar-refractivity contribution in [1.29, 1.82) is 0 Å². The molecule has 26 heavy (non-hydrogen) atoms. The Morgan fingerprint density at radius 1 is 0.885 bits per heavy atom. The minimum Gasteiger partial charge on any atom is -0.200 e. The molecule has 0 unspecified atom stereocenters. The van der Waals surface area contributed by atoms with E-state index in [4.69, 9.17) is 11.6 Å². The second-order valence-electron chi connectivity index (χ2n) is 5.74. The molecule has 4 nitrogen and oxygen atoms in total. The Morgan fingerprint density at radius 2 is 1.54 bits per heavy atom. The number of sulfonamides is 1. The van der Waals surface area contributed by atoms with Gasteiger partial charge in [0.15, 0.2) is 0 Å². The maximum absolute atomic E-state index is 12.5. The molecule has 0 radical (unpaired) electrons. The predicted molar refractivity (Wildman–Crippen MR) is 105 cm³/mol. The molecule has 0 aromatic heterocycles. The quantitative estimate of drug-likeness (QED) is 0.524. The first-order valence-corrected chi connectivity index (χ1v) is 9.79. The average molecular weight is 385 g/mol. The van der Waals surface area contributed by atoms with Crippen molar-refractivity contribution in [3.05, 3.63) is 101 Å². The van der Waals surface area contributed by atoms with Crippen molar-refractivity contribution in [3.8, 4) is 0 Å². The summed E-state index contributed by atoms with van der Waals surface area (Å²) in [6.45, 7) is 1.90. The van der Waals surface area contributed by atoms with Crippen molar-refractivity contribution in [1.82, 2.24) is 4.83 Å². The third-order valence-electron chi connectivity index (χ3n) is 3.75. The van der Waals surface area contributed by atoms with Gasteiger partial charge in [-0.3, -0.25) is 0 Å². The maximum atomic E-state index is 12.5. The fourth-order valence-corrected chi connectivity index (χ4v) is 3.40. The lowest BCUT2D eigenvalue weighted by atomic mass is 10.0. The Morgan fingerprint density at radius 3 is 2.19 bits per heavy atom. The monoisotopic (exact) mass is 384 g/mol. The zero-order valence-electron chi connectivity index (χ0n) is 14.1. The first kappa shape index (κ1) is 18.2. The van der Waals surface area contributed by atoms with Gasteiger partial charge in [0.05, 0.1) is 10.6 Å². The predicted octanol–water partition coefficient (Wildman–Crippen LogP) is 4.38. The molecular weight excluding hydrogens is 368 g/mol. The fraction of sp³-hybridized carbons (Fsp3) is 0.0500. The summed E-state index contributed by atoms with van der Waals surface area (Å²) in [4.78, 5) is 2.49. The first-order valence-electron chi connectivity index (χ1n) is 7.93. The van der Waals surface area contributed by atoms with E-state index in [9.17, 15) is 8.42 Å². The average Bonchev–Trinajstić information content (AvgIpc) is 2.63. The molecule has 0 spiro atoms. The normalized spacial score (nSPS) is 12.0. The molecule has 0 saturated heterocycles. The molecule has 0 saturated carbocycles. The van der Waals surface area contributed by atoms with Gasteiger partial charge in [-0.15, -0.1) is 0 Å². The number of rotatable bonds is 5. The highest BCUT2D eigenvalue weighted by molar-refractivity contribution is 7.89. The van der Waals surface area contributed by atoms with E-state index in [1.165, 1.54) is 0 Å². The number of aryl methyl sites for hydroxylation is 1. The molecule has 6 heteroatoms. The van der Waals surface area contributed by atoms with E-state index in [1.54, 1.807) is 42.5 Å². The summed E-state index contributed by atoms with van der Waals surface area (Å²) in [5.74, 6) is 0. The third-order valence-corrected chi connectivity index (χ3v) is 5.21. The van der Waals surface area contributed by atoms with E-state index in [1.807, 2.05) is 43.3 Å². The van der Waals surface area contributed by atoms with Crippen molar-refractivity contribution < 1.29 is 8.42 Å². The summed E-state index contributed by atoms with van der Waals surface area (Å²) in [6, 6.07) is 23.0.